The molecule has 4 heteroatoms. The molecule has 2 aromatic rings. The fourth-order valence-electron chi connectivity index (χ4n) is 1.75. The van der Waals surface area contributed by atoms with Crippen molar-refractivity contribution in [2.24, 2.45) is 0 Å². The Hall–Kier alpha value is -1.39. The first kappa shape index (κ1) is 11.1. The lowest BCUT2D eigenvalue weighted by Gasteiger charge is -2.04. The van der Waals surface area contributed by atoms with Gasteiger partial charge in [-0.1, -0.05) is 0 Å². The average molecular weight is 220 g/mol. The van der Waals surface area contributed by atoms with E-state index in [4.69, 9.17) is 9.84 Å². The monoisotopic (exact) mass is 220 g/mol. The van der Waals surface area contributed by atoms with Gasteiger partial charge in [-0.05, 0) is 24.6 Å². The van der Waals surface area contributed by atoms with Gasteiger partial charge in [0.1, 0.15) is 5.65 Å². The molecule has 0 unspecified atom stereocenters. The predicted molar refractivity (Wildman–Crippen MR) is 62.1 cm³/mol. The van der Waals surface area contributed by atoms with Gasteiger partial charge in [0.2, 0.25) is 0 Å². The minimum absolute atomic E-state index is 0.0147. The first-order valence-corrected chi connectivity index (χ1v) is 5.39. The van der Waals surface area contributed by atoms with E-state index >= 15 is 0 Å². The highest BCUT2D eigenvalue weighted by Crippen LogP contribution is 2.14. The van der Waals surface area contributed by atoms with E-state index in [1.54, 1.807) is 7.11 Å². The number of aromatic nitrogens is 2. The third kappa shape index (κ3) is 2.23. The van der Waals surface area contributed by atoms with Crippen LogP contribution in [-0.4, -0.2) is 28.4 Å². The Balaban J connectivity index is 2.24. The Morgan fingerprint density at radius 1 is 1.38 bits per heavy atom. The van der Waals surface area contributed by atoms with Crippen LogP contribution >= 0.6 is 0 Å². The van der Waals surface area contributed by atoms with Crippen molar-refractivity contribution in [3.05, 3.63) is 30.1 Å². The Kier molecular flexibility index (Phi) is 3.54. The summed E-state index contributed by atoms with van der Waals surface area (Å²) in [6.45, 7) is 1.62. The molecule has 16 heavy (non-hydrogen) atoms. The van der Waals surface area contributed by atoms with Gasteiger partial charge in [-0.25, -0.2) is 4.98 Å². The van der Waals surface area contributed by atoms with Gasteiger partial charge in [-0.3, -0.25) is 0 Å². The van der Waals surface area contributed by atoms with Crippen LogP contribution in [0, 0.1) is 0 Å². The van der Waals surface area contributed by atoms with Crippen molar-refractivity contribution >= 4 is 11.0 Å². The van der Waals surface area contributed by atoms with Crippen LogP contribution in [0.3, 0.4) is 0 Å². The van der Waals surface area contributed by atoms with Gasteiger partial charge >= 0.3 is 0 Å². The molecular weight excluding hydrogens is 204 g/mol. The third-order valence-corrected chi connectivity index (χ3v) is 2.58. The summed E-state index contributed by atoms with van der Waals surface area (Å²) in [5.41, 5.74) is 1.64. The number of aliphatic hydroxyl groups excluding tert-OH is 1. The first-order valence-electron chi connectivity index (χ1n) is 5.39. The Morgan fingerprint density at radius 2 is 2.25 bits per heavy atom. The number of methoxy groups -OCH3 is 1. The number of ether oxygens (including phenoxy) is 1. The summed E-state index contributed by atoms with van der Waals surface area (Å²) in [5, 5.41) is 10.2. The summed E-state index contributed by atoms with van der Waals surface area (Å²) in [5.74, 6) is 0. The molecule has 1 N–H and O–H groups in total. The lowest BCUT2D eigenvalue weighted by molar-refractivity contribution is 0.190. The summed E-state index contributed by atoms with van der Waals surface area (Å²) in [7, 11) is 1.70. The van der Waals surface area contributed by atoms with E-state index in [1.165, 1.54) is 0 Å². The van der Waals surface area contributed by atoms with E-state index in [0.717, 1.165) is 30.6 Å². The SMILES string of the molecule is COCCCn1ccc2ccc(CO)nc21. The molecule has 0 saturated heterocycles. The quantitative estimate of drug-likeness (QED) is 0.778. The number of pyridine rings is 1. The molecule has 2 rings (SSSR count). The summed E-state index contributed by atoms with van der Waals surface area (Å²) in [6.07, 6.45) is 2.99. The Morgan fingerprint density at radius 3 is 3.00 bits per heavy atom. The average Bonchev–Trinajstić information content (AvgIpc) is 2.72. The number of hydrogen-bond donors (Lipinski definition) is 1. The maximum atomic E-state index is 9.05. The van der Waals surface area contributed by atoms with E-state index < -0.39 is 0 Å². The molecule has 2 heterocycles. The van der Waals surface area contributed by atoms with E-state index in [2.05, 4.69) is 9.55 Å². The number of hydrogen-bond acceptors (Lipinski definition) is 3. The molecule has 0 aliphatic carbocycles. The molecule has 86 valence electrons. The van der Waals surface area contributed by atoms with Gasteiger partial charge in [0.05, 0.1) is 12.3 Å². The second-order valence-corrected chi connectivity index (χ2v) is 3.73. The molecule has 0 aliphatic heterocycles. The summed E-state index contributed by atoms with van der Waals surface area (Å²) >= 11 is 0. The van der Waals surface area contributed by atoms with Gasteiger partial charge in [-0.2, -0.15) is 0 Å². The fraction of sp³-hybridized carbons (Fsp3) is 0.417. The fourth-order valence-corrected chi connectivity index (χ4v) is 1.75. The number of nitrogens with zero attached hydrogens (tertiary/aromatic N) is 2. The van der Waals surface area contributed by atoms with Gasteiger partial charge in [0, 0.05) is 31.8 Å². The Bertz CT molecular complexity index is 465. The lowest BCUT2D eigenvalue weighted by atomic mass is 10.3. The van der Waals surface area contributed by atoms with Crippen LogP contribution in [0.4, 0.5) is 0 Å². The van der Waals surface area contributed by atoms with Crippen molar-refractivity contribution in [3.8, 4) is 0 Å². The normalized spacial score (nSPS) is 11.1. The number of fused-ring (bicyclic) bond motifs is 1. The third-order valence-electron chi connectivity index (χ3n) is 2.58. The molecule has 0 amide bonds. The molecule has 0 aliphatic rings. The van der Waals surface area contributed by atoms with E-state index in [1.807, 2.05) is 24.4 Å². The lowest BCUT2D eigenvalue weighted by Crippen LogP contribution is -2.02. The number of rotatable bonds is 5. The molecule has 0 atom stereocenters. The van der Waals surface area contributed by atoms with Gasteiger partial charge < -0.3 is 14.4 Å². The van der Waals surface area contributed by atoms with E-state index in [-0.39, 0.29) is 6.61 Å². The summed E-state index contributed by atoms with van der Waals surface area (Å²) in [6, 6.07) is 5.87. The van der Waals surface area contributed by atoms with Crippen molar-refractivity contribution in [3.63, 3.8) is 0 Å². The first-order chi connectivity index (χ1) is 7.85. The van der Waals surface area contributed by atoms with Crippen LogP contribution in [0.5, 0.6) is 0 Å². The minimum Gasteiger partial charge on any atom is -0.390 e. The molecular formula is C12H16N2O2. The molecule has 0 saturated carbocycles. The second kappa shape index (κ2) is 5.09. The molecule has 2 aromatic heterocycles. The smallest absolute Gasteiger partial charge is 0.140 e. The van der Waals surface area contributed by atoms with E-state index in [0.29, 0.717) is 5.69 Å². The van der Waals surface area contributed by atoms with Crippen molar-refractivity contribution in [1.82, 2.24) is 9.55 Å². The van der Waals surface area contributed by atoms with Gasteiger partial charge in [0.15, 0.2) is 0 Å². The van der Waals surface area contributed by atoms with Gasteiger partial charge in [0.25, 0.3) is 0 Å². The van der Waals surface area contributed by atoms with E-state index in [9.17, 15) is 0 Å². The molecule has 0 bridgehead atoms. The van der Waals surface area contributed by atoms with Crippen molar-refractivity contribution in [2.45, 2.75) is 19.6 Å². The minimum atomic E-state index is -0.0147. The van der Waals surface area contributed by atoms with Crippen molar-refractivity contribution in [2.75, 3.05) is 13.7 Å². The Labute approximate surface area is 94.5 Å². The van der Waals surface area contributed by atoms with Crippen LogP contribution in [0.15, 0.2) is 24.4 Å². The summed E-state index contributed by atoms with van der Waals surface area (Å²) in [4.78, 5) is 4.40. The maximum Gasteiger partial charge on any atom is 0.140 e. The number of aliphatic hydroxyl groups is 1. The largest absolute Gasteiger partial charge is 0.390 e. The van der Waals surface area contributed by atoms with Crippen LogP contribution < -0.4 is 0 Å². The zero-order chi connectivity index (χ0) is 11.4. The maximum absolute atomic E-state index is 9.05. The van der Waals surface area contributed by atoms with Crippen LogP contribution in [-0.2, 0) is 17.9 Å². The van der Waals surface area contributed by atoms with Crippen molar-refractivity contribution < 1.29 is 9.84 Å². The highest BCUT2D eigenvalue weighted by molar-refractivity contribution is 5.76. The molecule has 4 nitrogen and oxygen atoms in total. The highest BCUT2D eigenvalue weighted by atomic mass is 16.5. The zero-order valence-corrected chi connectivity index (χ0v) is 9.39. The molecule has 0 radical (unpaired) electrons. The zero-order valence-electron chi connectivity index (χ0n) is 9.39. The summed E-state index contributed by atoms with van der Waals surface area (Å²) < 4.78 is 7.11. The molecule has 0 aromatic carbocycles. The second-order valence-electron chi connectivity index (χ2n) is 3.73. The molecule has 0 fully saturated rings. The topological polar surface area (TPSA) is 47.3 Å². The van der Waals surface area contributed by atoms with Crippen molar-refractivity contribution in [1.29, 1.82) is 0 Å². The van der Waals surface area contributed by atoms with Crippen LogP contribution in [0.2, 0.25) is 0 Å². The van der Waals surface area contributed by atoms with Crippen LogP contribution in [0.1, 0.15) is 12.1 Å². The number of aryl methyl sites for hydroxylation is 1. The standard InChI is InChI=1S/C12H16N2O2/c1-16-8-2-6-14-7-5-10-3-4-11(9-15)13-12(10)14/h3-5,7,15H,2,6,8-9H2,1H3. The molecule has 0 spiro atoms. The van der Waals surface area contributed by atoms with Crippen LogP contribution in [0.25, 0.3) is 11.0 Å². The highest BCUT2D eigenvalue weighted by Gasteiger charge is 2.03. The van der Waals surface area contributed by atoms with Gasteiger partial charge in [-0.15, -0.1) is 0 Å². The predicted octanol–water partition coefficient (Wildman–Crippen LogP) is 1.57.